The number of fused-ring (bicyclic) bond motifs is 1. The predicted molar refractivity (Wildman–Crippen MR) is 87.6 cm³/mol. The largest absolute Gasteiger partial charge is 0.497 e. The number of hydrogen-bond donors (Lipinski definition) is 2. The minimum Gasteiger partial charge on any atom is -0.497 e. The molecule has 0 atom stereocenters. The number of amides is 1. The second-order valence-electron chi connectivity index (χ2n) is 5.42. The lowest BCUT2D eigenvalue weighted by atomic mass is 10.2. The number of benzene rings is 1. The maximum atomic E-state index is 12.0. The Morgan fingerprint density at radius 2 is 2.04 bits per heavy atom. The van der Waals surface area contributed by atoms with Crippen LogP contribution >= 0.6 is 0 Å². The number of methoxy groups -OCH3 is 1. The van der Waals surface area contributed by atoms with Crippen molar-refractivity contribution in [2.24, 2.45) is 0 Å². The van der Waals surface area contributed by atoms with Gasteiger partial charge in [-0.1, -0.05) is 6.42 Å². The van der Waals surface area contributed by atoms with Crippen LogP contribution in [0, 0.1) is 0 Å². The van der Waals surface area contributed by atoms with Crippen molar-refractivity contribution in [3.8, 4) is 5.75 Å². The summed E-state index contributed by atoms with van der Waals surface area (Å²) in [6, 6.07) is 7.70. The fourth-order valence-corrected chi connectivity index (χ4v) is 2.46. The number of carbonyl (C=O) groups is 2. The molecule has 2 N–H and O–H groups in total. The van der Waals surface area contributed by atoms with E-state index in [1.807, 2.05) is 35.0 Å². The molecule has 1 aromatic heterocycles. The highest BCUT2D eigenvalue weighted by molar-refractivity contribution is 5.84. The molecule has 23 heavy (non-hydrogen) atoms. The van der Waals surface area contributed by atoms with Gasteiger partial charge in [-0.2, -0.15) is 0 Å². The molecule has 0 spiro atoms. The molecule has 124 valence electrons. The molecule has 6 nitrogen and oxygen atoms in total. The second kappa shape index (κ2) is 8.22. The van der Waals surface area contributed by atoms with Crippen LogP contribution in [0.25, 0.3) is 10.9 Å². The summed E-state index contributed by atoms with van der Waals surface area (Å²) in [6.07, 6.45) is 4.32. The van der Waals surface area contributed by atoms with Crippen LogP contribution in [0.5, 0.6) is 5.75 Å². The number of ether oxygens (including phenoxy) is 1. The molecule has 0 bridgehead atoms. The zero-order chi connectivity index (χ0) is 16.7. The van der Waals surface area contributed by atoms with Gasteiger partial charge in [0.15, 0.2) is 0 Å². The van der Waals surface area contributed by atoms with Crippen LogP contribution < -0.4 is 10.1 Å². The summed E-state index contributed by atoms with van der Waals surface area (Å²) >= 11 is 0. The van der Waals surface area contributed by atoms with Gasteiger partial charge in [-0.25, -0.2) is 0 Å². The van der Waals surface area contributed by atoms with E-state index in [1.165, 1.54) is 0 Å². The first kappa shape index (κ1) is 16.9. The van der Waals surface area contributed by atoms with Gasteiger partial charge in [0.2, 0.25) is 5.91 Å². The van der Waals surface area contributed by atoms with E-state index >= 15 is 0 Å². The number of aromatic nitrogens is 1. The maximum Gasteiger partial charge on any atom is 0.303 e. The second-order valence-corrected chi connectivity index (χ2v) is 5.42. The average molecular weight is 318 g/mol. The highest BCUT2D eigenvalue weighted by Crippen LogP contribution is 2.21. The van der Waals surface area contributed by atoms with Crippen LogP contribution in [0.4, 0.5) is 0 Å². The molecular formula is C17H22N2O4. The van der Waals surface area contributed by atoms with Gasteiger partial charge in [0.1, 0.15) is 12.3 Å². The molecular weight excluding hydrogens is 296 g/mol. The van der Waals surface area contributed by atoms with Crippen molar-refractivity contribution in [3.05, 3.63) is 30.5 Å². The molecule has 0 saturated carbocycles. The molecule has 0 radical (unpaired) electrons. The highest BCUT2D eigenvalue weighted by Gasteiger charge is 2.07. The number of rotatable bonds is 9. The lowest BCUT2D eigenvalue weighted by Crippen LogP contribution is -2.28. The number of hydrogen-bond acceptors (Lipinski definition) is 3. The zero-order valence-corrected chi connectivity index (χ0v) is 13.2. The Morgan fingerprint density at radius 3 is 2.78 bits per heavy atom. The summed E-state index contributed by atoms with van der Waals surface area (Å²) in [4.78, 5) is 22.4. The maximum absolute atomic E-state index is 12.0. The van der Waals surface area contributed by atoms with Crippen LogP contribution in [0.15, 0.2) is 30.5 Å². The molecule has 0 aliphatic carbocycles. The van der Waals surface area contributed by atoms with E-state index in [0.717, 1.165) is 29.5 Å². The van der Waals surface area contributed by atoms with Gasteiger partial charge in [-0.05, 0) is 37.1 Å². The van der Waals surface area contributed by atoms with Gasteiger partial charge in [0.05, 0.1) is 7.11 Å². The average Bonchev–Trinajstić information content (AvgIpc) is 2.92. The Hall–Kier alpha value is -2.50. The van der Waals surface area contributed by atoms with E-state index in [0.29, 0.717) is 13.0 Å². The Bertz CT molecular complexity index is 678. The number of aliphatic carboxylic acids is 1. The van der Waals surface area contributed by atoms with Gasteiger partial charge in [0, 0.05) is 30.1 Å². The van der Waals surface area contributed by atoms with E-state index in [4.69, 9.17) is 9.84 Å². The third kappa shape index (κ3) is 5.02. The summed E-state index contributed by atoms with van der Waals surface area (Å²) < 4.78 is 7.08. The number of nitrogens with zero attached hydrogens (tertiary/aromatic N) is 1. The standard InChI is InChI=1S/C17H22N2O4/c1-23-14-6-7-15-13(11-14)8-10-19(15)12-16(20)18-9-4-2-3-5-17(21)22/h6-8,10-11H,2-5,9,12H2,1H3,(H,18,20)(H,21,22). The smallest absolute Gasteiger partial charge is 0.303 e. The summed E-state index contributed by atoms with van der Waals surface area (Å²) in [6.45, 7) is 0.844. The monoisotopic (exact) mass is 318 g/mol. The first-order valence-corrected chi connectivity index (χ1v) is 7.71. The van der Waals surface area contributed by atoms with Crippen molar-refractivity contribution >= 4 is 22.8 Å². The molecule has 0 aliphatic heterocycles. The molecule has 0 unspecified atom stereocenters. The quantitative estimate of drug-likeness (QED) is 0.696. The molecule has 2 aromatic rings. The van der Waals surface area contributed by atoms with E-state index < -0.39 is 5.97 Å². The summed E-state index contributed by atoms with van der Waals surface area (Å²) in [5.41, 5.74) is 0.988. The molecule has 6 heteroatoms. The molecule has 1 aromatic carbocycles. The van der Waals surface area contributed by atoms with E-state index in [9.17, 15) is 9.59 Å². The Balaban J connectivity index is 1.78. The van der Waals surface area contributed by atoms with E-state index in [1.54, 1.807) is 7.11 Å². The third-order valence-electron chi connectivity index (χ3n) is 3.68. The van der Waals surface area contributed by atoms with Gasteiger partial charge >= 0.3 is 5.97 Å². The lowest BCUT2D eigenvalue weighted by Gasteiger charge is -2.08. The van der Waals surface area contributed by atoms with Crippen LogP contribution in [0.3, 0.4) is 0 Å². The SMILES string of the molecule is COc1ccc2c(ccn2CC(=O)NCCCCCC(=O)O)c1. The fraction of sp³-hybridized carbons (Fsp3) is 0.412. The van der Waals surface area contributed by atoms with Crippen molar-refractivity contribution in [1.29, 1.82) is 0 Å². The Morgan fingerprint density at radius 1 is 1.22 bits per heavy atom. The first-order chi connectivity index (χ1) is 11.1. The van der Waals surface area contributed by atoms with Gasteiger partial charge < -0.3 is 19.7 Å². The van der Waals surface area contributed by atoms with Crippen LogP contribution in [0.1, 0.15) is 25.7 Å². The van der Waals surface area contributed by atoms with Crippen molar-refractivity contribution in [2.45, 2.75) is 32.2 Å². The van der Waals surface area contributed by atoms with Crippen molar-refractivity contribution in [3.63, 3.8) is 0 Å². The normalized spacial score (nSPS) is 10.7. The van der Waals surface area contributed by atoms with E-state index in [2.05, 4.69) is 5.32 Å². The molecule has 0 fully saturated rings. The number of carbonyl (C=O) groups excluding carboxylic acids is 1. The lowest BCUT2D eigenvalue weighted by molar-refractivity contribution is -0.137. The zero-order valence-electron chi connectivity index (χ0n) is 13.2. The minimum atomic E-state index is -0.773. The number of nitrogens with one attached hydrogen (secondary N) is 1. The number of carboxylic acids is 1. The Kier molecular flexibility index (Phi) is 6.02. The molecule has 2 rings (SSSR count). The van der Waals surface area contributed by atoms with Gasteiger partial charge in [-0.15, -0.1) is 0 Å². The molecule has 0 aliphatic rings. The van der Waals surface area contributed by atoms with Crippen LogP contribution in [-0.4, -0.2) is 35.2 Å². The summed E-state index contributed by atoms with van der Waals surface area (Å²) in [5, 5.41) is 12.4. The minimum absolute atomic E-state index is 0.0449. The number of unbranched alkanes of at least 4 members (excludes halogenated alkanes) is 2. The van der Waals surface area contributed by atoms with Gasteiger partial charge in [0.25, 0.3) is 0 Å². The van der Waals surface area contributed by atoms with Crippen molar-refractivity contribution in [2.75, 3.05) is 13.7 Å². The molecule has 0 saturated heterocycles. The topological polar surface area (TPSA) is 80.6 Å². The van der Waals surface area contributed by atoms with Gasteiger partial charge in [-0.3, -0.25) is 9.59 Å². The van der Waals surface area contributed by atoms with Crippen LogP contribution in [0.2, 0.25) is 0 Å². The fourth-order valence-electron chi connectivity index (χ4n) is 2.46. The van der Waals surface area contributed by atoms with Crippen LogP contribution in [-0.2, 0) is 16.1 Å². The predicted octanol–water partition coefficient (Wildman–Crippen LogP) is 2.41. The molecule has 1 heterocycles. The summed E-state index contributed by atoms with van der Waals surface area (Å²) in [5.74, 6) is -0.0252. The molecule has 1 amide bonds. The highest BCUT2D eigenvalue weighted by atomic mass is 16.5. The Labute approximate surface area is 135 Å². The third-order valence-corrected chi connectivity index (χ3v) is 3.68. The van der Waals surface area contributed by atoms with Crippen molar-refractivity contribution in [1.82, 2.24) is 9.88 Å². The number of carboxylic acid groups (broad SMARTS) is 1. The first-order valence-electron chi connectivity index (χ1n) is 7.71. The van der Waals surface area contributed by atoms with E-state index in [-0.39, 0.29) is 18.9 Å². The summed E-state index contributed by atoms with van der Waals surface area (Å²) in [7, 11) is 1.63. The van der Waals surface area contributed by atoms with Crippen molar-refractivity contribution < 1.29 is 19.4 Å².